The lowest BCUT2D eigenvalue weighted by atomic mass is 9.99. The Bertz CT molecular complexity index is 924. The van der Waals surface area contributed by atoms with Crippen molar-refractivity contribution in [3.63, 3.8) is 0 Å². The Morgan fingerprint density at radius 2 is 1.91 bits per heavy atom. The Labute approximate surface area is 190 Å². The number of carbonyl (C=O) groups is 1. The molecule has 0 spiro atoms. The van der Waals surface area contributed by atoms with Gasteiger partial charge in [-0.3, -0.25) is 9.69 Å². The molecule has 6 nitrogen and oxygen atoms in total. The molecule has 2 bridgehead atoms. The molecular formula is C26H34N2O4. The van der Waals surface area contributed by atoms with Crippen LogP contribution in [0.25, 0.3) is 0 Å². The summed E-state index contributed by atoms with van der Waals surface area (Å²) in [7, 11) is 0. The normalized spacial score (nSPS) is 18.4. The van der Waals surface area contributed by atoms with Crippen molar-refractivity contribution in [1.82, 2.24) is 9.80 Å². The van der Waals surface area contributed by atoms with Crippen LogP contribution in [-0.2, 0) is 17.7 Å². The maximum Gasteiger partial charge on any atom is 0.254 e. The summed E-state index contributed by atoms with van der Waals surface area (Å²) in [6, 6.07) is 14.3. The van der Waals surface area contributed by atoms with Gasteiger partial charge in [-0.15, -0.1) is 0 Å². The van der Waals surface area contributed by atoms with E-state index in [0.29, 0.717) is 50.8 Å². The predicted molar refractivity (Wildman–Crippen MR) is 124 cm³/mol. The van der Waals surface area contributed by atoms with Crippen molar-refractivity contribution in [3.05, 3.63) is 64.7 Å². The van der Waals surface area contributed by atoms with Crippen LogP contribution in [0.2, 0.25) is 0 Å². The highest BCUT2D eigenvalue weighted by Crippen LogP contribution is 2.26. The van der Waals surface area contributed by atoms with E-state index in [0.717, 1.165) is 30.9 Å². The Kier molecular flexibility index (Phi) is 7.45. The summed E-state index contributed by atoms with van der Waals surface area (Å²) in [5, 5.41) is 9.54. The summed E-state index contributed by atoms with van der Waals surface area (Å²) >= 11 is 0. The molecule has 0 saturated carbocycles. The second-order valence-corrected chi connectivity index (χ2v) is 9.27. The van der Waals surface area contributed by atoms with Gasteiger partial charge in [-0.25, -0.2) is 0 Å². The van der Waals surface area contributed by atoms with Crippen LogP contribution in [0.3, 0.4) is 0 Å². The highest BCUT2D eigenvalue weighted by Gasteiger charge is 2.29. The van der Waals surface area contributed by atoms with Crippen LogP contribution in [0.5, 0.6) is 5.75 Å². The molecule has 2 aromatic carbocycles. The van der Waals surface area contributed by atoms with Gasteiger partial charge < -0.3 is 19.5 Å². The number of carbonyl (C=O) groups excluding carboxylic acids is 1. The summed E-state index contributed by atoms with van der Waals surface area (Å²) in [5.74, 6) is 1.34. The lowest BCUT2D eigenvalue weighted by Crippen LogP contribution is -2.53. The molecule has 0 atom stereocenters. The third-order valence-electron chi connectivity index (χ3n) is 5.91. The van der Waals surface area contributed by atoms with Gasteiger partial charge in [-0.2, -0.15) is 0 Å². The lowest BCUT2D eigenvalue weighted by Gasteiger charge is -2.36. The van der Waals surface area contributed by atoms with Crippen LogP contribution >= 0.6 is 0 Å². The van der Waals surface area contributed by atoms with Crippen LogP contribution in [-0.4, -0.2) is 72.9 Å². The van der Waals surface area contributed by atoms with E-state index in [2.05, 4.69) is 43.0 Å². The second-order valence-electron chi connectivity index (χ2n) is 9.27. The minimum Gasteiger partial charge on any atom is -0.491 e. The fourth-order valence-electron chi connectivity index (χ4n) is 4.37. The molecule has 2 aromatic rings. The van der Waals surface area contributed by atoms with Gasteiger partial charge in [-0.05, 0) is 40.8 Å². The number of ether oxygens (including phenoxy) is 2. The summed E-state index contributed by atoms with van der Waals surface area (Å²) in [6.45, 7) is 9.80. The van der Waals surface area contributed by atoms with Crippen molar-refractivity contribution in [3.8, 4) is 5.75 Å². The molecule has 0 aromatic heterocycles. The van der Waals surface area contributed by atoms with Crippen molar-refractivity contribution in [2.24, 2.45) is 5.92 Å². The summed E-state index contributed by atoms with van der Waals surface area (Å²) in [4.78, 5) is 16.9. The van der Waals surface area contributed by atoms with E-state index >= 15 is 0 Å². The number of fused-ring (bicyclic) bond motifs is 3. The number of hydrogen-bond donors (Lipinski definition) is 1. The summed E-state index contributed by atoms with van der Waals surface area (Å²) < 4.78 is 11.9. The Balaban J connectivity index is 1.59. The van der Waals surface area contributed by atoms with E-state index in [-0.39, 0.29) is 5.91 Å². The molecule has 0 unspecified atom stereocenters. The fourth-order valence-corrected chi connectivity index (χ4v) is 4.37. The smallest absolute Gasteiger partial charge is 0.254 e. The number of aliphatic hydroxyl groups excluding tert-OH is 1. The zero-order chi connectivity index (χ0) is 22.5. The van der Waals surface area contributed by atoms with Crippen molar-refractivity contribution < 1.29 is 19.4 Å². The summed E-state index contributed by atoms with van der Waals surface area (Å²) in [6.07, 6.45) is 0.287. The Hall–Kier alpha value is -2.41. The molecule has 2 aliphatic rings. The number of benzene rings is 2. The third kappa shape index (κ3) is 5.88. The number of aliphatic hydroxyl groups is 1. The number of hydrogen-bond acceptors (Lipinski definition) is 5. The second kappa shape index (κ2) is 10.5. The van der Waals surface area contributed by atoms with E-state index in [1.54, 1.807) is 4.90 Å². The van der Waals surface area contributed by atoms with Gasteiger partial charge in [0.2, 0.25) is 0 Å². The lowest BCUT2D eigenvalue weighted by molar-refractivity contribution is 0.00588. The van der Waals surface area contributed by atoms with Crippen molar-refractivity contribution >= 4 is 5.91 Å². The van der Waals surface area contributed by atoms with E-state index in [9.17, 15) is 9.90 Å². The molecular weight excluding hydrogens is 404 g/mol. The highest BCUT2D eigenvalue weighted by molar-refractivity contribution is 5.95. The topological polar surface area (TPSA) is 62.2 Å². The third-order valence-corrected chi connectivity index (χ3v) is 5.91. The number of nitrogens with zero attached hydrogens (tertiary/aromatic N) is 2. The van der Waals surface area contributed by atoms with Gasteiger partial charge in [0.15, 0.2) is 0 Å². The molecule has 32 heavy (non-hydrogen) atoms. The number of likely N-dealkylation sites (tertiary alicyclic amines) is 1. The summed E-state index contributed by atoms with van der Waals surface area (Å²) in [5.41, 5.74) is 4.11. The predicted octanol–water partition coefficient (Wildman–Crippen LogP) is 2.96. The SMILES string of the molecule is CC(C)CN1CCOCCOc2ccc(C(=O)N3CC(O)C3)cc2Cc2cccc(c2)C1. The first-order valence-corrected chi connectivity index (χ1v) is 11.6. The standard InChI is InChI=1S/C26H34N2O4/c1-19(2)15-27-8-9-31-10-11-32-25-7-6-22(26(30)28-17-24(29)18-28)14-23(25)13-20-4-3-5-21(12-20)16-27/h3-7,12,14,19,24,29H,8-11,13,15-18H2,1-2H3. The van der Waals surface area contributed by atoms with Crippen LogP contribution < -0.4 is 4.74 Å². The average molecular weight is 439 g/mol. The Morgan fingerprint density at radius 1 is 1.09 bits per heavy atom. The largest absolute Gasteiger partial charge is 0.491 e. The van der Waals surface area contributed by atoms with E-state index < -0.39 is 6.10 Å². The number of rotatable bonds is 3. The van der Waals surface area contributed by atoms with E-state index in [4.69, 9.17) is 9.47 Å². The molecule has 1 N–H and O–H groups in total. The fraction of sp³-hybridized carbons (Fsp3) is 0.500. The molecule has 6 heteroatoms. The van der Waals surface area contributed by atoms with Gasteiger partial charge in [0.25, 0.3) is 5.91 Å². The molecule has 2 aliphatic heterocycles. The van der Waals surface area contributed by atoms with Gasteiger partial charge in [0.05, 0.1) is 19.3 Å². The zero-order valence-corrected chi connectivity index (χ0v) is 19.1. The molecule has 2 heterocycles. The van der Waals surface area contributed by atoms with Crippen LogP contribution in [0.4, 0.5) is 0 Å². The first kappa shape index (κ1) is 22.8. The molecule has 0 radical (unpaired) electrons. The van der Waals surface area contributed by atoms with Gasteiger partial charge >= 0.3 is 0 Å². The molecule has 1 fully saturated rings. The van der Waals surface area contributed by atoms with Crippen molar-refractivity contribution in [2.45, 2.75) is 32.9 Å². The monoisotopic (exact) mass is 438 g/mol. The van der Waals surface area contributed by atoms with Crippen molar-refractivity contribution in [1.29, 1.82) is 0 Å². The van der Waals surface area contributed by atoms with Gasteiger partial charge in [0, 0.05) is 44.7 Å². The van der Waals surface area contributed by atoms with Crippen LogP contribution in [0.1, 0.15) is 40.9 Å². The maximum atomic E-state index is 12.8. The number of β-amino-alcohol motifs (C(OH)–C–C–N with tert-alkyl or cyclic N) is 1. The first-order valence-electron chi connectivity index (χ1n) is 11.6. The molecule has 4 rings (SSSR count). The number of amides is 1. The van der Waals surface area contributed by atoms with Crippen molar-refractivity contribution in [2.75, 3.05) is 46.0 Å². The van der Waals surface area contributed by atoms with E-state index in [1.807, 2.05) is 18.2 Å². The molecule has 1 saturated heterocycles. The Morgan fingerprint density at radius 3 is 2.69 bits per heavy atom. The molecule has 1 amide bonds. The zero-order valence-electron chi connectivity index (χ0n) is 19.1. The quantitative estimate of drug-likeness (QED) is 0.798. The minimum absolute atomic E-state index is 0.0427. The first-order chi connectivity index (χ1) is 15.5. The van der Waals surface area contributed by atoms with E-state index in [1.165, 1.54) is 11.1 Å². The van der Waals surface area contributed by atoms with Gasteiger partial charge in [0.1, 0.15) is 12.4 Å². The van der Waals surface area contributed by atoms with Gasteiger partial charge in [-0.1, -0.05) is 38.1 Å². The molecule has 0 aliphatic carbocycles. The average Bonchev–Trinajstić information content (AvgIpc) is 2.73. The molecule has 172 valence electrons. The highest BCUT2D eigenvalue weighted by atomic mass is 16.5. The van der Waals surface area contributed by atoms with Crippen LogP contribution in [0.15, 0.2) is 42.5 Å². The maximum absolute atomic E-state index is 12.8. The minimum atomic E-state index is -0.405. The van der Waals surface area contributed by atoms with Crippen LogP contribution in [0, 0.1) is 5.92 Å².